The molecule has 0 aliphatic rings. The fourth-order valence-electron chi connectivity index (χ4n) is 0.373. The Bertz CT molecular complexity index is 127. The van der Waals surface area contributed by atoms with Crippen molar-refractivity contribution in [1.82, 2.24) is 0 Å². The van der Waals surface area contributed by atoms with E-state index in [1.54, 1.807) is 6.92 Å². The van der Waals surface area contributed by atoms with Crippen LogP contribution in [0.3, 0.4) is 0 Å². The minimum Gasteiger partial charge on any atom is -0.388 e. The first kappa shape index (κ1) is 9.23. The maximum absolute atomic E-state index is 9.35. The Balaban J connectivity index is 3.78. The van der Waals surface area contributed by atoms with Gasteiger partial charge in [0.1, 0.15) is 0 Å². The summed E-state index contributed by atoms with van der Waals surface area (Å²) in [5, 5.41) is 9.35. The van der Waals surface area contributed by atoms with Gasteiger partial charge in [0, 0.05) is 0 Å². The molecule has 60 valence electrons. The third-order valence-electron chi connectivity index (χ3n) is 1.36. The zero-order valence-electron chi connectivity index (χ0n) is 6.46. The van der Waals surface area contributed by atoms with E-state index in [0.717, 1.165) is 0 Å². The standard InChI is InChI=1S/C6H15N3O/c1-3-6(2,10)4-9-5(7)8/h10H,3-4H2,1-2H3,(H4,7,8,9)/t6-/m1/s1. The number of guanidine groups is 1. The first-order chi connectivity index (χ1) is 4.48. The molecule has 1 atom stereocenters. The van der Waals surface area contributed by atoms with E-state index in [4.69, 9.17) is 11.5 Å². The zero-order chi connectivity index (χ0) is 8.20. The van der Waals surface area contributed by atoms with Crippen LogP contribution in [-0.2, 0) is 0 Å². The third-order valence-corrected chi connectivity index (χ3v) is 1.36. The average molecular weight is 145 g/mol. The van der Waals surface area contributed by atoms with Crippen LogP contribution < -0.4 is 11.5 Å². The molecule has 0 aliphatic heterocycles. The average Bonchev–Trinajstić information content (AvgIpc) is 1.85. The lowest BCUT2D eigenvalue weighted by molar-refractivity contribution is 0.0657. The van der Waals surface area contributed by atoms with Gasteiger partial charge in [-0.25, -0.2) is 0 Å². The topological polar surface area (TPSA) is 84.6 Å². The van der Waals surface area contributed by atoms with Gasteiger partial charge in [0.15, 0.2) is 5.96 Å². The molecule has 0 amide bonds. The van der Waals surface area contributed by atoms with Gasteiger partial charge in [-0.3, -0.25) is 4.99 Å². The Morgan fingerprint density at radius 2 is 2.10 bits per heavy atom. The van der Waals surface area contributed by atoms with Crippen molar-refractivity contribution in [2.24, 2.45) is 16.5 Å². The number of aliphatic hydroxyl groups is 1. The molecule has 0 saturated heterocycles. The summed E-state index contributed by atoms with van der Waals surface area (Å²) in [4.78, 5) is 3.69. The molecule has 5 N–H and O–H groups in total. The second kappa shape index (κ2) is 3.41. The molecule has 10 heavy (non-hydrogen) atoms. The van der Waals surface area contributed by atoms with Gasteiger partial charge in [0.2, 0.25) is 0 Å². The van der Waals surface area contributed by atoms with Crippen LogP contribution in [0.5, 0.6) is 0 Å². The second-order valence-electron chi connectivity index (χ2n) is 2.59. The zero-order valence-corrected chi connectivity index (χ0v) is 6.46. The summed E-state index contributed by atoms with van der Waals surface area (Å²) in [6.07, 6.45) is 0.643. The molecule has 0 unspecified atom stereocenters. The Kier molecular flexibility index (Phi) is 3.15. The van der Waals surface area contributed by atoms with Gasteiger partial charge in [-0.05, 0) is 13.3 Å². The van der Waals surface area contributed by atoms with E-state index in [0.29, 0.717) is 6.42 Å². The van der Waals surface area contributed by atoms with Crippen molar-refractivity contribution in [3.05, 3.63) is 0 Å². The van der Waals surface area contributed by atoms with Crippen molar-refractivity contribution in [2.45, 2.75) is 25.9 Å². The van der Waals surface area contributed by atoms with Crippen LogP contribution >= 0.6 is 0 Å². The summed E-state index contributed by atoms with van der Waals surface area (Å²) in [5.74, 6) is 0.0220. The molecule has 0 aromatic heterocycles. The van der Waals surface area contributed by atoms with Gasteiger partial charge < -0.3 is 16.6 Å². The highest BCUT2D eigenvalue weighted by Gasteiger charge is 2.15. The quantitative estimate of drug-likeness (QED) is 0.367. The molecule has 0 heterocycles. The molecule has 0 aliphatic carbocycles. The lowest BCUT2D eigenvalue weighted by atomic mass is 10.1. The van der Waals surface area contributed by atoms with E-state index in [9.17, 15) is 5.11 Å². The fraction of sp³-hybridized carbons (Fsp3) is 0.833. The van der Waals surface area contributed by atoms with Crippen molar-refractivity contribution in [2.75, 3.05) is 6.54 Å². The second-order valence-corrected chi connectivity index (χ2v) is 2.59. The largest absolute Gasteiger partial charge is 0.388 e. The number of hydrogen-bond donors (Lipinski definition) is 3. The number of nitrogens with zero attached hydrogens (tertiary/aromatic N) is 1. The lowest BCUT2D eigenvalue weighted by Crippen LogP contribution is -2.31. The highest BCUT2D eigenvalue weighted by atomic mass is 16.3. The smallest absolute Gasteiger partial charge is 0.186 e. The predicted octanol–water partition coefficient (Wildman–Crippen LogP) is -0.579. The summed E-state index contributed by atoms with van der Waals surface area (Å²) in [6.45, 7) is 3.84. The molecule has 0 spiro atoms. The summed E-state index contributed by atoms with van der Waals surface area (Å²) in [7, 11) is 0. The monoisotopic (exact) mass is 145 g/mol. The maximum Gasteiger partial charge on any atom is 0.186 e. The van der Waals surface area contributed by atoms with Crippen molar-refractivity contribution >= 4 is 5.96 Å². The Labute approximate surface area is 60.9 Å². The normalized spacial score (nSPS) is 15.9. The Morgan fingerprint density at radius 1 is 1.60 bits per heavy atom. The molecule has 0 rings (SSSR count). The maximum atomic E-state index is 9.35. The van der Waals surface area contributed by atoms with E-state index < -0.39 is 5.60 Å². The molecular weight excluding hydrogens is 130 g/mol. The summed E-state index contributed by atoms with van der Waals surface area (Å²) >= 11 is 0. The first-order valence-electron chi connectivity index (χ1n) is 3.26. The van der Waals surface area contributed by atoms with E-state index in [2.05, 4.69) is 4.99 Å². The lowest BCUT2D eigenvalue weighted by Gasteiger charge is -2.17. The molecule has 0 radical (unpaired) electrons. The Hall–Kier alpha value is -0.770. The molecule has 0 fully saturated rings. The molecule has 0 bridgehead atoms. The van der Waals surface area contributed by atoms with E-state index >= 15 is 0 Å². The van der Waals surface area contributed by atoms with E-state index in [1.165, 1.54) is 0 Å². The van der Waals surface area contributed by atoms with Gasteiger partial charge in [-0.2, -0.15) is 0 Å². The minimum absolute atomic E-state index is 0.0220. The minimum atomic E-state index is -0.774. The summed E-state index contributed by atoms with van der Waals surface area (Å²) in [6, 6.07) is 0. The molecule has 0 aromatic carbocycles. The van der Waals surface area contributed by atoms with Gasteiger partial charge in [0.05, 0.1) is 12.1 Å². The van der Waals surface area contributed by atoms with Crippen LogP contribution in [0.2, 0.25) is 0 Å². The van der Waals surface area contributed by atoms with Crippen LogP contribution in [0.4, 0.5) is 0 Å². The van der Waals surface area contributed by atoms with Gasteiger partial charge in [-0.1, -0.05) is 6.92 Å². The molecule has 4 heteroatoms. The summed E-state index contributed by atoms with van der Waals surface area (Å²) in [5.41, 5.74) is 9.37. The molecule has 4 nitrogen and oxygen atoms in total. The van der Waals surface area contributed by atoms with Crippen molar-refractivity contribution in [1.29, 1.82) is 0 Å². The highest BCUT2D eigenvalue weighted by molar-refractivity contribution is 5.75. The van der Waals surface area contributed by atoms with Crippen molar-refractivity contribution < 1.29 is 5.11 Å². The van der Waals surface area contributed by atoms with E-state index in [1.807, 2.05) is 6.92 Å². The fourth-order valence-corrected chi connectivity index (χ4v) is 0.373. The van der Waals surface area contributed by atoms with Crippen LogP contribution in [0, 0.1) is 0 Å². The van der Waals surface area contributed by atoms with Crippen LogP contribution in [0.25, 0.3) is 0 Å². The van der Waals surface area contributed by atoms with Crippen molar-refractivity contribution in [3.8, 4) is 0 Å². The third kappa shape index (κ3) is 4.14. The number of aliphatic imine (C=N–C) groups is 1. The highest BCUT2D eigenvalue weighted by Crippen LogP contribution is 2.07. The van der Waals surface area contributed by atoms with Crippen LogP contribution in [0.15, 0.2) is 4.99 Å². The van der Waals surface area contributed by atoms with Crippen LogP contribution in [0.1, 0.15) is 20.3 Å². The van der Waals surface area contributed by atoms with E-state index in [-0.39, 0.29) is 12.5 Å². The first-order valence-corrected chi connectivity index (χ1v) is 3.26. The number of nitrogens with two attached hydrogens (primary N) is 2. The van der Waals surface area contributed by atoms with Crippen LogP contribution in [-0.4, -0.2) is 23.2 Å². The van der Waals surface area contributed by atoms with Crippen molar-refractivity contribution in [3.63, 3.8) is 0 Å². The Morgan fingerprint density at radius 3 is 2.40 bits per heavy atom. The number of rotatable bonds is 3. The molecule has 0 saturated carbocycles. The van der Waals surface area contributed by atoms with Gasteiger partial charge >= 0.3 is 0 Å². The molecule has 0 aromatic rings. The van der Waals surface area contributed by atoms with Gasteiger partial charge in [0.25, 0.3) is 0 Å². The predicted molar refractivity (Wildman–Crippen MR) is 41.6 cm³/mol. The molecular formula is C6H15N3O. The SMILES string of the molecule is CC[C@@](C)(O)CN=C(N)N. The summed E-state index contributed by atoms with van der Waals surface area (Å²) < 4.78 is 0. The number of hydrogen-bond acceptors (Lipinski definition) is 2. The van der Waals surface area contributed by atoms with Gasteiger partial charge in [-0.15, -0.1) is 0 Å².